The van der Waals surface area contributed by atoms with Gasteiger partial charge in [-0.1, -0.05) is 6.08 Å². The third-order valence-electron chi connectivity index (χ3n) is 1.01. The van der Waals surface area contributed by atoms with Crippen molar-refractivity contribution >= 4 is 14.1 Å². The minimum atomic E-state index is -0.139. The van der Waals surface area contributed by atoms with Crippen molar-refractivity contribution < 1.29 is 0 Å². The van der Waals surface area contributed by atoms with Crippen LogP contribution in [0.4, 0.5) is 0 Å². The van der Waals surface area contributed by atoms with E-state index in [1.165, 1.54) is 13.0 Å². The van der Waals surface area contributed by atoms with Gasteiger partial charge in [0, 0.05) is 13.6 Å². The Morgan fingerprint density at radius 1 is 1.30 bits per heavy atom. The van der Waals surface area contributed by atoms with Gasteiger partial charge in [0.25, 0.3) is 14.1 Å². The van der Waals surface area contributed by atoms with Crippen LogP contribution in [0.5, 0.6) is 0 Å². The predicted octanol–water partition coefficient (Wildman–Crippen LogP) is 2.21. The molecule has 0 spiro atoms. The lowest BCUT2D eigenvalue weighted by Crippen LogP contribution is -2.04. The summed E-state index contributed by atoms with van der Waals surface area (Å²) in [5, 5.41) is 0. The highest BCUT2D eigenvalue weighted by molar-refractivity contribution is 6.54. The van der Waals surface area contributed by atoms with Gasteiger partial charge < -0.3 is 4.90 Å². The van der Waals surface area contributed by atoms with Crippen LogP contribution in [0.1, 0.15) is 6.42 Å². The van der Waals surface area contributed by atoms with Crippen LogP contribution in [0, 0.1) is 0 Å². The zero-order chi connectivity index (χ0) is 7.98. The fourth-order valence-electron chi connectivity index (χ4n) is 0.607. The average molecular weight is 155 g/mol. The van der Waals surface area contributed by atoms with Gasteiger partial charge in [0.2, 0.25) is 0 Å². The Labute approximate surface area is 69.1 Å². The molecule has 2 heteroatoms. The molecule has 0 fully saturated rings. The van der Waals surface area contributed by atoms with Crippen LogP contribution in [0.15, 0.2) is 12.3 Å². The van der Waals surface area contributed by atoms with Crippen LogP contribution < -0.4 is 0 Å². The van der Waals surface area contributed by atoms with Crippen LogP contribution in [-0.4, -0.2) is 32.6 Å². The van der Waals surface area contributed by atoms with Gasteiger partial charge >= 0.3 is 0 Å². The van der Waals surface area contributed by atoms with E-state index < -0.39 is 0 Å². The first-order chi connectivity index (χ1) is 4.63. The second-order valence-electron chi connectivity index (χ2n) is 3.39. The topological polar surface area (TPSA) is 3.24 Å². The molecule has 1 rings (SSSR count). The lowest BCUT2D eigenvalue weighted by molar-refractivity contribution is 0.496. The third kappa shape index (κ3) is 8.07. The van der Waals surface area contributed by atoms with E-state index >= 15 is 0 Å². The molecule has 0 bridgehead atoms. The van der Waals surface area contributed by atoms with Gasteiger partial charge in [-0.25, -0.2) is 0 Å². The Kier molecular flexibility index (Phi) is 5.87. The Morgan fingerprint density at radius 2 is 1.80 bits per heavy atom. The highest BCUT2D eigenvalue weighted by atomic mass is 27.2. The molecule has 0 unspecified atom stereocenters. The summed E-state index contributed by atoms with van der Waals surface area (Å²) in [6, 6.07) is 0. The quantitative estimate of drug-likeness (QED) is 0.485. The predicted molar refractivity (Wildman–Crippen MR) is 49.7 cm³/mol. The lowest BCUT2D eigenvalue weighted by atomic mass is 10.5. The summed E-state index contributed by atoms with van der Waals surface area (Å²) in [4.78, 5) is 2.18. The first-order valence-corrected chi connectivity index (χ1v) is 7.46. The summed E-state index contributed by atoms with van der Waals surface area (Å²) in [7, 11) is 2.09. The van der Waals surface area contributed by atoms with E-state index in [0.29, 0.717) is 0 Å². The molecule has 0 aromatic carbocycles. The molecule has 0 amide bonds. The molecule has 10 heavy (non-hydrogen) atoms. The fourth-order valence-corrected chi connectivity index (χ4v) is 0.607. The maximum absolute atomic E-state index is 2.31. The van der Waals surface area contributed by atoms with Crippen LogP contribution in [-0.2, 0) is 0 Å². The monoisotopic (exact) mass is 155 g/mol. The molecule has 0 saturated heterocycles. The Morgan fingerprint density at radius 3 is 1.90 bits per heavy atom. The highest BCUT2D eigenvalue weighted by Crippen LogP contribution is 1.97. The molecular formula is C8H18AlN. The largest absolute Gasteiger partial charge is 0.380 e. The molecule has 0 saturated carbocycles. The van der Waals surface area contributed by atoms with Gasteiger partial charge in [-0.3, -0.25) is 0 Å². The summed E-state index contributed by atoms with van der Waals surface area (Å²) < 4.78 is 0. The van der Waals surface area contributed by atoms with Crippen molar-refractivity contribution in [2.75, 3.05) is 13.6 Å². The zero-order valence-corrected chi connectivity index (χ0v) is 8.75. The fraction of sp³-hybridized carbons (Fsp3) is 0.750. The van der Waals surface area contributed by atoms with Gasteiger partial charge in [0.15, 0.2) is 0 Å². The molecule has 58 valence electrons. The highest BCUT2D eigenvalue weighted by Gasteiger charge is 1.92. The van der Waals surface area contributed by atoms with Crippen molar-refractivity contribution in [3.63, 3.8) is 0 Å². The number of rotatable bonds is 0. The van der Waals surface area contributed by atoms with E-state index in [-0.39, 0.29) is 14.1 Å². The van der Waals surface area contributed by atoms with Gasteiger partial charge in [0.05, 0.1) is 0 Å². The summed E-state index contributed by atoms with van der Waals surface area (Å²) >= 11 is -0.139. The molecule has 1 nitrogen and oxygen atoms in total. The molecule has 1 heterocycles. The Balaban J connectivity index is 0.000000180. The van der Waals surface area contributed by atoms with Crippen molar-refractivity contribution in [2.24, 2.45) is 0 Å². The molecule has 1 aliphatic heterocycles. The van der Waals surface area contributed by atoms with E-state index in [1.807, 2.05) is 0 Å². The van der Waals surface area contributed by atoms with Gasteiger partial charge in [-0.2, -0.15) is 0 Å². The van der Waals surface area contributed by atoms with E-state index in [0.717, 1.165) is 0 Å². The van der Waals surface area contributed by atoms with Crippen molar-refractivity contribution in [3.05, 3.63) is 12.3 Å². The van der Waals surface area contributed by atoms with Crippen LogP contribution in [0.25, 0.3) is 0 Å². The molecule has 0 atom stereocenters. The maximum Gasteiger partial charge on any atom is 0.251 e. The molecule has 0 aromatic heterocycles. The lowest BCUT2D eigenvalue weighted by Gasteiger charge is -2.02. The first kappa shape index (κ1) is 10.1. The molecule has 0 N–H and O–H groups in total. The summed E-state index contributed by atoms with van der Waals surface area (Å²) in [6.45, 7) is 1.21. The van der Waals surface area contributed by atoms with E-state index in [1.54, 1.807) is 0 Å². The molecule has 0 aromatic rings. The van der Waals surface area contributed by atoms with Crippen LogP contribution >= 0.6 is 0 Å². The average Bonchev–Trinajstić information content (AvgIpc) is 2.15. The Bertz CT molecular complexity index is 96.7. The third-order valence-corrected chi connectivity index (χ3v) is 1.01. The smallest absolute Gasteiger partial charge is 0.251 e. The molecule has 0 aliphatic carbocycles. The molecule has 0 radical (unpaired) electrons. The van der Waals surface area contributed by atoms with Gasteiger partial charge in [-0.05, 0) is 12.6 Å². The summed E-state index contributed by atoms with van der Waals surface area (Å²) in [5.74, 6) is 6.92. The number of hydrogen-bond acceptors (Lipinski definition) is 1. The van der Waals surface area contributed by atoms with Gasteiger partial charge in [0.1, 0.15) is 0 Å². The normalized spacial score (nSPS) is 14.6. The molecular weight excluding hydrogens is 137 g/mol. The van der Waals surface area contributed by atoms with Crippen LogP contribution in [0.2, 0.25) is 17.4 Å². The van der Waals surface area contributed by atoms with Crippen LogP contribution in [0.3, 0.4) is 0 Å². The van der Waals surface area contributed by atoms with Crippen molar-refractivity contribution in [2.45, 2.75) is 23.8 Å². The first-order valence-electron chi connectivity index (χ1n) is 4.00. The maximum atomic E-state index is 2.31. The van der Waals surface area contributed by atoms with Crippen molar-refractivity contribution in [1.82, 2.24) is 4.90 Å². The van der Waals surface area contributed by atoms with Crippen molar-refractivity contribution in [1.29, 1.82) is 0 Å². The van der Waals surface area contributed by atoms with Crippen molar-refractivity contribution in [3.8, 4) is 0 Å². The Hall–Kier alpha value is 0.0725. The standard InChI is InChI=1S/C5H9N.3CH3.Al/c1-6-4-2-3-5-6;;;;/h2,4H,3,5H2,1H3;3*1H3;. The number of nitrogens with zero attached hydrogens (tertiary/aromatic N) is 1. The summed E-state index contributed by atoms with van der Waals surface area (Å²) in [5.41, 5.74) is 0. The minimum Gasteiger partial charge on any atom is -0.380 e. The molecule has 1 aliphatic rings. The minimum absolute atomic E-state index is 0.139. The second kappa shape index (κ2) is 5.83. The van der Waals surface area contributed by atoms with E-state index in [2.05, 4.69) is 41.6 Å². The number of hydrogen-bond donors (Lipinski definition) is 0. The SMILES string of the molecule is CN1C=CCC1.[CH3][Al]([CH3])[CH3]. The summed E-state index contributed by atoms with van der Waals surface area (Å²) in [6.07, 6.45) is 5.52. The van der Waals surface area contributed by atoms with Gasteiger partial charge in [-0.15, -0.1) is 17.4 Å². The van der Waals surface area contributed by atoms with E-state index in [9.17, 15) is 0 Å². The van der Waals surface area contributed by atoms with E-state index in [4.69, 9.17) is 0 Å². The zero-order valence-electron chi connectivity index (χ0n) is 7.59. The second-order valence-corrected chi connectivity index (χ2v) is 6.85.